The van der Waals surface area contributed by atoms with Crippen LogP contribution in [0.1, 0.15) is 18.9 Å². The molecular formula is C22H25N3O4. The first-order valence-corrected chi connectivity index (χ1v) is 9.54. The van der Waals surface area contributed by atoms with E-state index < -0.39 is 0 Å². The number of carbonyl (C=O) groups excluding carboxylic acids is 3. The van der Waals surface area contributed by atoms with E-state index in [9.17, 15) is 14.4 Å². The average Bonchev–Trinajstić information content (AvgIpc) is 3.08. The Hall–Kier alpha value is -3.35. The van der Waals surface area contributed by atoms with Crippen LogP contribution in [0.3, 0.4) is 0 Å². The molecule has 1 fully saturated rings. The second kappa shape index (κ2) is 9.23. The topological polar surface area (TPSA) is 87.7 Å². The molecule has 2 N–H and O–H groups in total. The lowest BCUT2D eigenvalue weighted by Gasteiger charge is -2.17. The van der Waals surface area contributed by atoms with Gasteiger partial charge < -0.3 is 20.3 Å². The standard InChI is InChI=1S/C22H25N3O4/c1-15(26)23-18-5-7-19(8-6-18)24-22(28)17-13-21(27)25(14-17)12-11-16-3-9-20(29-2)10-4-16/h3-10,17H,11-14H2,1-2H3,(H,23,26)(H,24,28). The van der Waals surface area contributed by atoms with Gasteiger partial charge in [-0.15, -0.1) is 0 Å². The van der Waals surface area contributed by atoms with Gasteiger partial charge in [0.2, 0.25) is 17.7 Å². The fourth-order valence-electron chi connectivity index (χ4n) is 3.30. The molecule has 7 heteroatoms. The van der Waals surface area contributed by atoms with E-state index in [4.69, 9.17) is 4.74 Å². The molecule has 152 valence electrons. The highest BCUT2D eigenvalue weighted by atomic mass is 16.5. The van der Waals surface area contributed by atoms with E-state index in [1.165, 1.54) is 6.92 Å². The number of benzene rings is 2. The second-order valence-electron chi connectivity index (χ2n) is 7.09. The Morgan fingerprint density at radius 2 is 1.66 bits per heavy atom. The number of amides is 3. The van der Waals surface area contributed by atoms with Crippen LogP contribution in [0.4, 0.5) is 11.4 Å². The van der Waals surface area contributed by atoms with Gasteiger partial charge in [-0.3, -0.25) is 14.4 Å². The van der Waals surface area contributed by atoms with E-state index in [0.29, 0.717) is 24.5 Å². The fourth-order valence-corrected chi connectivity index (χ4v) is 3.30. The molecule has 1 saturated heterocycles. The zero-order valence-corrected chi connectivity index (χ0v) is 16.6. The molecule has 1 aliphatic rings. The summed E-state index contributed by atoms with van der Waals surface area (Å²) in [4.78, 5) is 37.6. The van der Waals surface area contributed by atoms with Crippen molar-refractivity contribution in [3.8, 4) is 5.75 Å². The normalized spacial score (nSPS) is 15.9. The molecule has 3 rings (SSSR count). The highest BCUT2D eigenvalue weighted by molar-refractivity contribution is 5.97. The van der Waals surface area contributed by atoms with Crippen molar-refractivity contribution in [1.82, 2.24) is 4.90 Å². The van der Waals surface area contributed by atoms with Crippen LogP contribution in [0, 0.1) is 5.92 Å². The smallest absolute Gasteiger partial charge is 0.229 e. The third kappa shape index (κ3) is 5.57. The van der Waals surface area contributed by atoms with Crippen molar-refractivity contribution in [1.29, 1.82) is 0 Å². The number of ether oxygens (including phenoxy) is 1. The van der Waals surface area contributed by atoms with E-state index in [-0.39, 0.29) is 30.1 Å². The Labute approximate surface area is 170 Å². The van der Waals surface area contributed by atoms with Crippen LogP contribution >= 0.6 is 0 Å². The number of rotatable bonds is 7. The van der Waals surface area contributed by atoms with Gasteiger partial charge in [-0.25, -0.2) is 0 Å². The third-order valence-electron chi connectivity index (χ3n) is 4.89. The third-order valence-corrected chi connectivity index (χ3v) is 4.89. The summed E-state index contributed by atoms with van der Waals surface area (Å²) >= 11 is 0. The Morgan fingerprint density at radius 3 is 2.24 bits per heavy atom. The molecule has 1 heterocycles. The predicted molar refractivity (Wildman–Crippen MR) is 111 cm³/mol. The molecule has 29 heavy (non-hydrogen) atoms. The molecule has 1 aliphatic heterocycles. The predicted octanol–water partition coefficient (Wildman–Crippen LogP) is 2.68. The number of anilines is 2. The Kier molecular flexibility index (Phi) is 6.49. The van der Waals surface area contributed by atoms with Gasteiger partial charge in [0.15, 0.2) is 0 Å². The maximum atomic E-state index is 12.5. The van der Waals surface area contributed by atoms with Crippen molar-refractivity contribution in [2.75, 3.05) is 30.8 Å². The summed E-state index contributed by atoms with van der Waals surface area (Å²) in [5.41, 5.74) is 2.41. The monoisotopic (exact) mass is 395 g/mol. The van der Waals surface area contributed by atoms with Crippen molar-refractivity contribution >= 4 is 29.1 Å². The molecule has 7 nitrogen and oxygen atoms in total. The van der Waals surface area contributed by atoms with E-state index in [2.05, 4.69) is 10.6 Å². The highest BCUT2D eigenvalue weighted by Gasteiger charge is 2.34. The minimum absolute atomic E-state index is 0.000308. The van der Waals surface area contributed by atoms with Gasteiger partial charge in [-0.2, -0.15) is 0 Å². The summed E-state index contributed by atoms with van der Waals surface area (Å²) in [6, 6.07) is 14.6. The number of nitrogens with one attached hydrogen (secondary N) is 2. The van der Waals surface area contributed by atoms with Crippen LogP contribution in [-0.2, 0) is 20.8 Å². The minimum atomic E-state index is -0.367. The molecule has 0 saturated carbocycles. The molecule has 3 amide bonds. The maximum Gasteiger partial charge on any atom is 0.229 e. The first-order valence-electron chi connectivity index (χ1n) is 9.54. The number of likely N-dealkylation sites (tertiary alicyclic amines) is 1. The van der Waals surface area contributed by atoms with Crippen LogP contribution in [0.25, 0.3) is 0 Å². The maximum absolute atomic E-state index is 12.5. The van der Waals surface area contributed by atoms with Gasteiger partial charge >= 0.3 is 0 Å². The first-order chi connectivity index (χ1) is 13.9. The van der Waals surface area contributed by atoms with E-state index in [1.54, 1.807) is 36.3 Å². The van der Waals surface area contributed by atoms with Crippen molar-refractivity contribution in [2.45, 2.75) is 19.8 Å². The minimum Gasteiger partial charge on any atom is -0.497 e. The number of hydrogen-bond donors (Lipinski definition) is 2. The lowest BCUT2D eigenvalue weighted by Crippen LogP contribution is -2.30. The van der Waals surface area contributed by atoms with Crippen LogP contribution in [0.15, 0.2) is 48.5 Å². The quantitative estimate of drug-likeness (QED) is 0.755. The number of nitrogens with zero attached hydrogens (tertiary/aromatic N) is 1. The Balaban J connectivity index is 1.50. The Morgan fingerprint density at radius 1 is 1.03 bits per heavy atom. The summed E-state index contributed by atoms with van der Waals surface area (Å²) < 4.78 is 5.15. The van der Waals surface area contributed by atoms with Gasteiger partial charge in [0.05, 0.1) is 13.0 Å². The van der Waals surface area contributed by atoms with Crippen LogP contribution in [-0.4, -0.2) is 42.8 Å². The molecule has 2 aromatic rings. The fraction of sp³-hybridized carbons (Fsp3) is 0.318. The van der Waals surface area contributed by atoms with Crippen LogP contribution < -0.4 is 15.4 Å². The summed E-state index contributed by atoms with van der Waals surface area (Å²) in [5, 5.41) is 5.52. The lowest BCUT2D eigenvalue weighted by molar-refractivity contribution is -0.128. The second-order valence-corrected chi connectivity index (χ2v) is 7.09. The van der Waals surface area contributed by atoms with Crippen LogP contribution in [0.2, 0.25) is 0 Å². The molecule has 0 radical (unpaired) electrons. The first kappa shape index (κ1) is 20.4. The summed E-state index contributed by atoms with van der Waals surface area (Å²) in [6.45, 7) is 2.44. The Bertz CT molecular complexity index is 878. The molecule has 1 atom stereocenters. The largest absolute Gasteiger partial charge is 0.497 e. The summed E-state index contributed by atoms with van der Waals surface area (Å²) in [6.07, 6.45) is 0.951. The molecule has 2 aromatic carbocycles. The number of methoxy groups -OCH3 is 1. The van der Waals surface area contributed by atoms with E-state index in [0.717, 1.165) is 17.7 Å². The highest BCUT2D eigenvalue weighted by Crippen LogP contribution is 2.21. The van der Waals surface area contributed by atoms with Crippen molar-refractivity contribution in [2.24, 2.45) is 5.92 Å². The number of hydrogen-bond acceptors (Lipinski definition) is 4. The van der Waals surface area contributed by atoms with Gasteiger partial charge in [-0.05, 0) is 48.4 Å². The zero-order valence-electron chi connectivity index (χ0n) is 16.6. The molecule has 0 aliphatic carbocycles. The van der Waals surface area contributed by atoms with Crippen molar-refractivity contribution in [3.05, 3.63) is 54.1 Å². The molecule has 1 unspecified atom stereocenters. The van der Waals surface area contributed by atoms with Crippen LogP contribution in [0.5, 0.6) is 5.75 Å². The number of carbonyl (C=O) groups is 3. The van der Waals surface area contributed by atoms with Crippen molar-refractivity contribution < 1.29 is 19.1 Å². The SMILES string of the molecule is COc1ccc(CCN2CC(C(=O)Nc3ccc(NC(C)=O)cc3)CC2=O)cc1. The molecule has 0 bridgehead atoms. The molecule has 0 spiro atoms. The molecule has 0 aromatic heterocycles. The van der Waals surface area contributed by atoms with Crippen molar-refractivity contribution in [3.63, 3.8) is 0 Å². The van der Waals surface area contributed by atoms with E-state index >= 15 is 0 Å². The van der Waals surface area contributed by atoms with Gasteiger partial charge in [-0.1, -0.05) is 12.1 Å². The molecular weight excluding hydrogens is 370 g/mol. The summed E-state index contributed by atoms with van der Waals surface area (Å²) in [7, 11) is 1.63. The van der Waals surface area contributed by atoms with Gasteiger partial charge in [0.1, 0.15) is 5.75 Å². The van der Waals surface area contributed by atoms with Gasteiger partial charge in [0, 0.05) is 37.8 Å². The zero-order chi connectivity index (χ0) is 20.8. The summed E-state index contributed by atoms with van der Waals surface area (Å²) in [5.74, 6) is 0.111. The van der Waals surface area contributed by atoms with E-state index in [1.807, 2.05) is 24.3 Å². The lowest BCUT2D eigenvalue weighted by atomic mass is 10.1. The van der Waals surface area contributed by atoms with Gasteiger partial charge in [0.25, 0.3) is 0 Å². The average molecular weight is 395 g/mol.